The van der Waals surface area contributed by atoms with Crippen molar-refractivity contribution in [2.75, 3.05) is 0 Å². The van der Waals surface area contributed by atoms with Crippen LogP contribution in [0.5, 0.6) is 5.88 Å². The van der Waals surface area contributed by atoms with Gasteiger partial charge in [0.1, 0.15) is 0 Å². The molecule has 0 fully saturated rings. The van der Waals surface area contributed by atoms with E-state index in [1.165, 1.54) is 5.57 Å². The lowest BCUT2D eigenvalue weighted by molar-refractivity contribution is 0.362. The lowest BCUT2D eigenvalue weighted by Gasteiger charge is -2.31. The standard InChI is InChI=1S/C15H17N3O/c1-8-5-10-9(2)7-15(3,4)18-13(10)11(6-8)12(17-16)14(18)19/h5-7,16,19H,1-4H3. The number of aromatic nitrogens is 1. The summed E-state index contributed by atoms with van der Waals surface area (Å²) in [6, 6.07) is 4.10. The van der Waals surface area contributed by atoms with Gasteiger partial charge in [-0.2, -0.15) is 5.11 Å². The van der Waals surface area contributed by atoms with E-state index in [1.807, 2.05) is 31.4 Å². The van der Waals surface area contributed by atoms with E-state index in [2.05, 4.69) is 24.2 Å². The van der Waals surface area contributed by atoms with E-state index < -0.39 is 0 Å². The molecule has 0 saturated carbocycles. The first-order valence-electron chi connectivity index (χ1n) is 6.32. The minimum Gasteiger partial charge on any atom is -0.493 e. The quantitative estimate of drug-likeness (QED) is 0.725. The first kappa shape index (κ1) is 12.0. The smallest absolute Gasteiger partial charge is 0.221 e. The number of hydrogen-bond acceptors (Lipinski definition) is 3. The van der Waals surface area contributed by atoms with Crippen LogP contribution in [0.3, 0.4) is 0 Å². The van der Waals surface area contributed by atoms with Gasteiger partial charge in [-0.05, 0) is 51.0 Å². The summed E-state index contributed by atoms with van der Waals surface area (Å²) in [7, 11) is 0. The Balaban J connectivity index is 2.61. The van der Waals surface area contributed by atoms with E-state index in [1.54, 1.807) is 0 Å². The second kappa shape index (κ2) is 3.47. The molecule has 0 spiro atoms. The minimum atomic E-state index is -0.322. The summed E-state index contributed by atoms with van der Waals surface area (Å²) in [5.74, 6) is 0.0746. The third-order valence-corrected chi connectivity index (χ3v) is 3.84. The highest BCUT2D eigenvalue weighted by molar-refractivity contribution is 6.03. The minimum absolute atomic E-state index is 0.0746. The van der Waals surface area contributed by atoms with Gasteiger partial charge in [0.05, 0.1) is 11.1 Å². The molecule has 3 rings (SSSR count). The van der Waals surface area contributed by atoms with Crippen molar-refractivity contribution in [2.24, 2.45) is 5.11 Å². The van der Waals surface area contributed by atoms with E-state index in [-0.39, 0.29) is 11.4 Å². The van der Waals surface area contributed by atoms with Crippen molar-refractivity contribution >= 4 is 22.2 Å². The van der Waals surface area contributed by atoms with Gasteiger partial charge in [-0.25, -0.2) is 5.53 Å². The predicted octanol–water partition coefficient (Wildman–Crippen LogP) is 4.47. The molecule has 98 valence electrons. The zero-order valence-corrected chi connectivity index (χ0v) is 11.6. The molecule has 0 saturated heterocycles. The number of hydrogen-bond donors (Lipinski definition) is 2. The summed E-state index contributed by atoms with van der Waals surface area (Å²) in [5.41, 5.74) is 11.8. The van der Waals surface area contributed by atoms with Crippen LogP contribution in [-0.2, 0) is 5.54 Å². The Morgan fingerprint density at radius 1 is 1.26 bits per heavy atom. The molecule has 0 atom stereocenters. The Bertz CT molecular complexity index is 751. The second-order valence-electron chi connectivity index (χ2n) is 5.81. The summed E-state index contributed by atoms with van der Waals surface area (Å²) < 4.78 is 1.87. The number of rotatable bonds is 1. The number of aromatic hydroxyl groups is 1. The molecule has 0 aliphatic carbocycles. The number of benzene rings is 1. The largest absolute Gasteiger partial charge is 0.493 e. The first-order chi connectivity index (χ1) is 8.86. The normalized spacial score (nSPS) is 16.5. The lowest BCUT2D eigenvalue weighted by atomic mass is 9.91. The summed E-state index contributed by atoms with van der Waals surface area (Å²) >= 11 is 0. The van der Waals surface area contributed by atoms with Gasteiger partial charge >= 0.3 is 0 Å². The maximum Gasteiger partial charge on any atom is 0.221 e. The molecule has 0 unspecified atom stereocenters. The fourth-order valence-corrected chi connectivity index (χ4v) is 3.18. The Morgan fingerprint density at radius 2 is 1.95 bits per heavy atom. The monoisotopic (exact) mass is 255 g/mol. The van der Waals surface area contributed by atoms with Crippen molar-refractivity contribution < 1.29 is 5.11 Å². The Kier molecular flexibility index (Phi) is 2.18. The maximum atomic E-state index is 10.4. The molecule has 19 heavy (non-hydrogen) atoms. The molecule has 1 aromatic heterocycles. The predicted molar refractivity (Wildman–Crippen MR) is 76.1 cm³/mol. The molecule has 4 heteroatoms. The van der Waals surface area contributed by atoms with Crippen molar-refractivity contribution in [1.29, 1.82) is 5.53 Å². The van der Waals surface area contributed by atoms with E-state index >= 15 is 0 Å². The van der Waals surface area contributed by atoms with Crippen molar-refractivity contribution in [2.45, 2.75) is 33.2 Å². The van der Waals surface area contributed by atoms with Gasteiger partial charge < -0.3 is 9.67 Å². The lowest BCUT2D eigenvalue weighted by Crippen LogP contribution is -2.26. The Morgan fingerprint density at radius 3 is 2.58 bits per heavy atom. The van der Waals surface area contributed by atoms with Gasteiger partial charge in [0.2, 0.25) is 5.88 Å². The zero-order chi connectivity index (χ0) is 13.9. The molecule has 2 heterocycles. The van der Waals surface area contributed by atoms with Crippen molar-refractivity contribution in [1.82, 2.24) is 4.57 Å². The average Bonchev–Trinajstić information content (AvgIpc) is 2.58. The highest BCUT2D eigenvalue weighted by atomic mass is 16.3. The van der Waals surface area contributed by atoms with E-state index in [4.69, 9.17) is 5.53 Å². The van der Waals surface area contributed by atoms with Gasteiger partial charge in [0.15, 0.2) is 5.69 Å². The molecule has 1 aliphatic heterocycles. The molecular weight excluding hydrogens is 238 g/mol. The highest BCUT2D eigenvalue weighted by Gasteiger charge is 2.32. The number of nitrogens with one attached hydrogen (secondary N) is 1. The number of allylic oxidation sites excluding steroid dienone is 2. The molecule has 2 N–H and O–H groups in total. The molecule has 0 radical (unpaired) electrons. The van der Waals surface area contributed by atoms with Crippen LogP contribution in [0, 0.1) is 12.5 Å². The van der Waals surface area contributed by atoms with E-state index in [9.17, 15) is 5.11 Å². The SMILES string of the molecule is CC1=CC(C)(C)n2c(O)c(N=N)c3cc(C)cc1c32. The van der Waals surface area contributed by atoms with Crippen LogP contribution in [0.1, 0.15) is 31.9 Å². The third-order valence-electron chi connectivity index (χ3n) is 3.84. The van der Waals surface area contributed by atoms with Crippen LogP contribution in [0.15, 0.2) is 23.3 Å². The van der Waals surface area contributed by atoms with Crippen molar-refractivity contribution in [3.8, 4) is 5.88 Å². The summed E-state index contributed by atoms with van der Waals surface area (Å²) in [6.45, 7) is 8.20. The number of aryl methyl sites for hydroxylation is 1. The van der Waals surface area contributed by atoms with E-state index in [0.29, 0.717) is 5.69 Å². The van der Waals surface area contributed by atoms with Gasteiger partial charge in [0, 0.05) is 10.9 Å². The highest BCUT2D eigenvalue weighted by Crippen LogP contribution is 2.48. The Labute approximate surface area is 111 Å². The van der Waals surface area contributed by atoms with Crippen LogP contribution >= 0.6 is 0 Å². The Hall–Kier alpha value is -2.10. The topological polar surface area (TPSA) is 61.4 Å². The van der Waals surface area contributed by atoms with Crippen molar-refractivity contribution in [3.63, 3.8) is 0 Å². The molecule has 1 aliphatic rings. The van der Waals surface area contributed by atoms with Crippen LogP contribution in [0.25, 0.3) is 16.5 Å². The third kappa shape index (κ3) is 1.40. The van der Waals surface area contributed by atoms with Gasteiger partial charge in [0.25, 0.3) is 0 Å². The fourth-order valence-electron chi connectivity index (χ4n) is 3.18. The molecule has 0 amide bonds. The van der Waals surface area contributed by atoms with Crippen LogP contribution in [0.4, 0.5) is 5.69 Å². The second-order valence-corrected chi connectivity index (χ2v) is 5.81. The van der Waals surface area contributed by atoms with Crippen molar-refractivity contribution in [3.05, 3.63) is 29.3 Å². The molecule has 0 bridgehead atoms. The van der Waals surface area contributed by atoms with E-state index in [0.717, 1.165) is 22.0 Å². The molecule has 4 nitrogen and oxygen atoms in total. The van der Waals surface area contributed by atoms with Crippen LogP contribution < -0.4 is 0 Å². The van der Waals surface area contributed by atoms with Gasteiger partial charge in [-0.3, -0.25) is 0 Å². The molecule has 2 aromatic rings. The van der Waals surface area contributed by atoms with Gasteiger partial charge in [-0.1, -0.05) is 6.08 Å². The maximum absolute atomic E-state index is 10.4. The summed E-state index contributed by atoms with van der Waals surface area (Å²) in [6.07, 6.45) is 2.14. The molecule has 1 aromatic carbocycles. The number of nitrogens with zero attached hydrogens (tertiary/aromatic N) is 2. The van der Waals surface area contributed by atoms with Crippen LogP contribution in [0.2, 0.25) is 0 Å². The zero-order valence-electron chi connectivity index (χ0n) is 11.6. The van der Waals surface area contributed by atoms with Crippen LogP contribution in [-0.4, -0.2) is 9.67 Å². The first-order valence-corrected chi connectivity index (χ1v) is 6.32. The summed E-state index contributed by atoms with van der Waals surface area (Å²) in [4.78, 5) is 0. The fraction of sp³-hybridized carbons (Fsp3) is 0.333. The summed E-state index contributed by atoms with van der Waals surface area (Å²) in [5, 5.41) is 14.8. The average molecular weight is 255 g/mol. The molecular formula is C15H17N3O. The van der Waals surface area contributed by atoms with Gasteiger partial charge in [-0.15, -0.1) is 0 Å².